The normalized spacial score (nSPS) is 10.1. The van der Waals surface area contributed by atoms with Crippen LogP contribution in [0.15, 0.2) is 42.7 Å². The van der Waals surface area contributed by atoms with Crippen molar-refractivity contribution < 1.29 is 0 Å². The zero-order valence-corrected chi connectivity index (χ0v) is 10.4. The van der Waals surface area contributed by atoms with Crippen molar-refractivity contribution in [3.63, 3.8) is 0 Å². The van der Waals surface area contributed by atoms with E-state index in [0.29, 0.717) is 13.1 Å². The minimum absolute atomic E-state index is 0.577. The third-order valence-electron chi connectivity index (χ3n) is 2.59. The number of rotatable bonds is 5. The number of aromatic nitrogens is 2. The van der Waals surface area contributed by atoms with Gasteiger partial charge in [0.2, 0.25) is 0 Å². The highest BCUT2D eigenvalue weighted by molar-refractivity contribution is 5.61. The lowest BCUT2D eigenvalue weighted by atomic mass is 10.3. The molecule has 3 N–H and O–H groups in total. The molecule has 0 radical (unpaired) electrons. The van der Waals surface area contributed by atoms with Gasteiger partial charge >= 0.3 is 0 Å². The summed E-state index contributed by atoms with van der Waals surface area (Å²) in [6.07, 6.45) is 1.55. The van der Waals surface area contributed by atoms with Gasteiger partial charge in [0.15, 0.2) is 0 Å². The third-order valence-corrected chi connectivity index (χ3v) is 2.59. The number of anilines is 3. The summed E-state index contributed by atoms with van der Waals surface area (Å²) < 4.78 is 0. The first kappa shape index (κ1) is 12.3. The molecule has 0 atom stereocenters. The van der Waals surface area contributed by atoms with E-state index in [1.165, 1.54) is 0 Å². The van der Waals surface area contributed by atoms with Crippen molar-refractivity contribution in [1.29, 1.82) is 0 Å². The van der Waals surface area contributed by atoms with E-state index in [4.69, 9.17) is 5.73 Å². The number of hydrogen-bond acceptors (Lipinski definition) is 5. The Kier molecular flexibility index (Phi) is 4.09. The van der Waals surface area contributed by atoms with Crippen molar-refractivity contribution in [2.24, 2.45) is 5.73 Å². The summed E-state index contributed by atoms with van der Waals surface area (Å²) in [7, 11) is 1.98. The lowest BCUT2D eigenvalue weighted by molar-refractivity contribution is 0.998. The van der Waals surface area contributed by atoms with Crippen LogP contribution in [-0.2, 0) is 0 Å². The van der Waals surface area contributed by atoms with Crippen LogP contribution in [0.1, 0.15) is 0 Å². The molecule has 0 aliphatic rings. The number of nitrogens with zero attached hydrogens (tertiary/aromatic N) is 3. The molecule has 1 heterocycles. The van der Waals surface area contributed by atoms with Gasteiger partial charge in [-0.25, -0.2) is 9.97 Å². The average Bonchev–Trinajstić information content (AvgIpc) is 2.45. The number of benzene rings is 1. The predicted octanol–water partition coefficient (Wildman–Crippen LogP) is 1.62. The number of nitrogens with two attached hydrogens (primary N) is 1. The molecule has 0 bridgehead atoms. The highest BCUT2D eigenvalue weighted by atomic mass is 15.2. The van der Waals surface area contributed by atoms with Gasteiger partial charge in [-0.15, -0.1) is 0 Å². The standard InChI is InChI=1S/C13H17N5/c1-18(11-5-3-2-4-6-11)13-9-12(15-8-7-14)16-10-17-13/h2-6,9-10H,7-8,14H2,1H3,(H,15,16,17). The minimum atomic E-state index is 0.577. The van der Waals surface area contributed by atoms with E-state index in [9.17, 15) is 0 Å². The summed E-state index contributed by atoms with van der Waals surface area (Å²) >= 11 is 0. The average molecular weight is 243 g/mol. The van der Waals surface area contributed by atoms with Crippen molar-refractivity contribution >= 4 is 17.3 Å². The summed E-state index contributed by atoms with van der Waals surface area (Å²) in [6.45, 7) is 1.28. The molecule has 18 heavy (non-hydrogen) atoms. The van der Waals surface area contributed by atoms with Crippen LogP contribution < -0.4 is 16.0 Å². The van der Waals surface area contributed by atoms with E-state index in [-0.39, 0.29) is 0 Å². The Bertz CT molecular complexity index is 486. The molecule has 0 unspecified atom stereocenters. The van der Waals surface area contributed by atoms with Crippen molar-refractivity contribution in [1.82, 2.24) is 9.97 Å². The first-order chi connectivity index (χ1) is 8.81. The fourth-order valence-corrected chi connectivity index (χ4v) is 1.61. The molecule has 0 aliphatic carbocycles. The van der Waals surface area contributed by atoms with E-state index in [2.05, 4.69) is 15.3 Å². The Hall–Kier alpha value is -2.14. The molecule has 1 aromatic carbocycles. The second-order valence-corrected chi connectivity index (χ2v) is 3.87. The van der Waals surface area contributed by atoms with Crippen LogP contribution in [0, 0.1) is 0 Å². The molecule has 1 aromatic heterocycles. The smallest absolute Gasteiger partial charge is 0.138 e. The summed E-state index contributed by atoms with van der Waals surface area (Å²) in [6, 6.07) is 12.0. The molecule has 2 rings (SSSR count). The molecule has 94 valence electrons. The molecule has 0 saturated carbocycles. The maximum atomic E-state index is 5.45. The molecule has 2 aromatic rings. The van der Waals surface area contributed by atoms with Crippen molar-refractivity contribution in [2.45, 2.75) is 0 Å². The molecule has 0 saturated heterocycles. The fraction of sp³-hybridized carbons (Fsp3) is 0.231. The molecular formula is C13H17N5. The van der Waals surface area contributed by atoms with Crippen LogP contribution in [-0.4, -0.2) is 30.1 Å². The van der Waals surface area contributed by atoms with Gasteiger partial charge in [0.1, 0.15) is 18.0 Å². The maximum absolute atomic E-state index is 5.45. The molecule has 0 fully saturated rings. The third kappa shape index (κ3) is 2.95. The first-order valence-corrected chi connectivity index (χ1v) is 5.86. The van der Waals surface area contributed by atoms with E-state index in [1.54, 1.807) is 6.33 Å². The summed E-state index contributed by atoms with van der Waals surface area (Å²) in [4.78, 5) is 10.4. The quantitative estimate of drug-likeness (QED) is 0.835. The zero-order valence-electron chi connectivity index (χ0n) is 10.4. The van der Waals surface area contributed by atoms with Crippen molar-refractivity contribution in [2.75, 3.05) is 30.4 Å². The first-order valence-electron chi connectivity index (χ1n) is 5.86. The van der Waals surface area contributed by atoms with E-state index in [0.717, 1.165) is 17.3 Å². The molecule has 0 aliphatic heterocycles. The Balaban J connectivity index is 2.17. The van der Waals surface area contributed by atoms with Crippen molar-refractivity contribution in [3.8, 4) is 0 Å². The number of hydrogen-bond donors (Lipinski definition) is 2. The predicted molar refractivity (Wildman–Crippen MR) is 74.1 cm³/mol. The van der Waals surface area contributed by atoms with E-state index < -0.39 is 0 Å². The highest BCUT2D eigenvalue weighted by Gasteiger charge is 2.05. The van der Waals surface area contributed by atoms with Gasteiger partial charge in [0.25, 0.3) is 0 Å². The van der Waals surface area contributed by atoms with E-state index >= 15 is 0 Å². The Morgan fingerprint density at radius 1 is 1.22 bits per heavy atom. The summed E-state index contributed by atoms with van der Waals surface area (Å²) in [5.41, 5.74) is 6.53. The fourth-order valence-electron chi connectivity index (χ4n) is 1.61. The second kappa shape index (κ2) is 5.97. The monoisotopic (exact) mass is 243 g/mol. The van der Waals surface area contributed by atoms with Gasteiger partial charge in [-0.1, -0.05) is 18.2 Å². The number of nitrogens with one attached hydrogen (secondary N) is 1. The molecule has 0 spiro atoms. The van der Waals surface area contributed by atoms with Crippen molar-refractivity contribution in [3.05, 3.63) is 42.7 Å². The van der Waals surface area contributed by atoms with E-state index in [1.807, 2.05) is 48.3 Å². The Morgan fingerprint density at radius 2 is 2.00 bits per heavy atom. The van der Waals surface area contributed by atoms with Crippen LogP contribution in [0.25, 0.3) is 0 Å². The topological polar surface area (TPSA) is 67.1 Å². The Morgan fingerprint density at radius 3 is 2.72 bits per heavy atom. The highest BCUT2D eigenvalue weighted by Crippen LogP contribution is 2.21. The maximum Gasteiger partial charge on any atom is 0.138 e. The largest absolute Gasteiger partial charge is 0.369 e. The summed E-state index contributed by atoms with van der Waals surface area (Å²) in [5.74, 6) is 1.63. The van der Waals surface area contributed by atoms with Crippen LogP contribution >= 0.6 is 0 Å². The van der Waals surface area contributed by atoms with Gasteiger partial charge in [0, 0.05) is 31.9 Å². The minimum Gasteiger partial charge on any atom is -0.369 e. The number of para-hydroxylation sites is 1. The summed E-state index contributed by atoms with van der Waals surface area (Å²) in [5, 5.41) is 3.14. The molecule has 5 heteroatoms. The van der Waals surface area contributed by atoms with Gasteiger partial charge < -0.3 is 16.0 Å². The molecular weight excluding hydrogens is 226 g/mol. The molecule has 5 nitrogen and oxygen atoms in total. The van der Waals surface area contributed by atoms with Crippen LogP contribution in [0.2, 0.25) is 0 Å². The Labute approximate surface area is 107 Å². The van der Waals surface area contributed by atoms with Gasteiger partial charge in [-0.3, -0.25) is 0 Å². The van der Waals surface area contributed by atoms with Gasteiger partial charge in [0.05, 0.1) is 0 Å². The lowest BCUT2D eigenvalue weighted by Gasteiger charge is -2.18. The lowest BCUT2D eigenvalue weighted by Crippen LogP contribution is -2.15. The SMILES string of the molecule is CN(c1ccccc1)c1cc(NCCN)ncn1. The van der Waals surface area contributed by atoms with Gasteiger partial charge in [-0.2, -0.15) is 0 Å². The van der Waals surface area contributed by atoms with Gasteiger partial charge in [-0.05, 0) is 12.1 Å². The van der Waals surface area contributed by atoms with Crippen LogP contribution in [0.4, 0.5) is 17.3 Å². The van der Waals surface area contributed by atoms with Crippen LogP contribution in [0.3, 0.4) is 0 Å². The molecule has 0 amide bonds. The zero-order chi connectivity index (χ0) is 12.8. The second-order valence-electron chi connectivity index (χ2n) is 3.87. The van der Waals surface area contributed by atoms with Crippen LogP contribution in [0.5, 0.6) is 0 Å².